The first kappa shape index (κ1) is 22.7. The van der Waals surface area contributed by atoms with Crippen molar-refractivity contribution in [2.75, 3.05) is 11.1 Å². The maximum absolute atomic E-state index is 12.8. The minimum absolute atomic E-state index is 0.0708. The minimum atomic E-state index is -0.0708. The SMILES string of the molecule is CCc1cccc(C)c1NC(=O)CSc1nnc(-c2ccccn2)n1-c1ccc(C)cc1C. The molecule has 0 unspecified atom stereocenters. The Labute approximate surface area is 198 Å². The molecule has 0 saturated carbocycles. The summed E-state index contributed by atoms with van der Waals surface area (Å²) in [7, 11) is 0. The summed E-state index contributed by atoms with van der Waals surface area (Å²) in [6.07, 6.45) is 2.60. The number of pyridine rings is 1. The second-order valence-electron chi connectivity index (χ2n) is 7.95. The molecule has 2 aromatic heterocycles. The van der Waals surface area contributed by atoms with Crippen LogP contribution in [0, 0.1) is 20.8 Å². The van der Waals surface area contributed by atoms with Crippen LogP contribution < -0.4 is 5.32 Å². The van der Waals surface area contributed by atoms with Gasteiger partial charge in [0, 0.05) is 11.9 Å². The summed E-state index contributed by atoms with van der Waals surface area (Å²) in [6, 6.07) is 18.0. The van der Waals surface area contributed by atoms with E-state index in [0.29, 0.717) is 11.0 Å². The van der Waals surface area contributed by atoms with E-state index in [4.69, 9.17) is 0 Å². The lowest BCUT2D eigenvalue weighted by Gasteiger charge is -2.14. The Bertz CT molecular complexity index is 1280. The van der Waals surface area contributed by atoms with Crippen LogP contribution >= 0.6 is 11.8 Å². The van der Waals surface area contributed by atoms with Gasteiger partial charge in [0.15, 0.2) is 11.0 Å². The van der Waals surface area contributed by atoms with Gasteiger partial charge in [0.1, 0.15) is 5.69 Å². The lowest BCUT2D eigenvalue weighted by atomic mass is 10.1. The summed E-state index contributed by atoms with van der Waals surface area (Å²) in [5, 5.41) is 12.6. The van der Waals surface area contributed by atoms with Crippen molar-refractivity contribution >= 4 is 23.4 Å². The third-order valence-corrected chi connectivity index (χ3v) is 6.39. The number of hydrogen-bond donors (Lipinski definition) is 1. The number of thioether (sulfide) groups is 1. The number of amides is 1. The number of rotatable bonds is 7. The van der Waals surface area contributed by atoms with Gasteiger partial charge in [0.2, 0.25) is 5.91 Å². The molecule has 33 heavy (non-hydrogen) atoms. The molecule has 4 rings (SSSR count). The molecule has 0 saturated heterocycles. The molecular formula is C26H27N5OS. The fourth-order valence-corrected chi connectivity index (χ4v) is 4.55. The molecule has 0 aliphatic heterocycles. The van der Waals surface area contributed by atoms with Crippen LogP contribution in [0.2, 0.25) is 0 Å². The van der Waals surface area contributed by atoms with E-state index in [2.05, 4.69) is 59.5 Å². The Hall–Kier alpha value is -3.45. The van der Waals surface area contributed by atoms with Gasteiger partial charge in [0.05, 0.1) is 11.4 Å². The molecule has 7 heteroatoms. The van der Waals surface area contributed by atoms with Crippen LogP contribution in [-0.2, 0) is 11.2 Å². The number of nitrogens with one attached hydrogen (secondary N) is 1. The van der Waals surface area contributed by atoms with Crippen molar-refractivity contribution in [1.82, 2.24) is 19.7 Å². The quantitative estimate of drug-likeness (QED) is 0.369. The molecule has 0 bridgehead atoms. The van der Waals surface area contributed by atoms with Crippen molar-refractivity contribution in [1.29, 1.82) is 0 Å². The highest BCUT2D eigenvalue weighted by atomic mass is 32.2. The Kier molecular flexibility index (Phi) is 6.89. The molecule has 2 heterocycles. The molecule has 1 N–H and O–H groups in total. The van der Waals surface area contributed by atoms with Crippen molar-refractivity contribution in [3.05, 3.63) is 83.0 Å². The molecule has 0 atom stereocenters. The summed E-state index contributed by atoms with van der Waals surface area (Å²) in [5.41, 5.74) is 7.08. The molecule has 168 valence electrons. The largest absolute Gasteiger partial charge is 0.325 e. The Morgan fingerprint density at radius 3 is 2.58 bits per heavy atom. The predicted molar refractivity (Wildman–Crippen MR) is 134 cm³/mol. The number of benzene rings is 2. The highest BCUT2D eigenvalue weighted by Crippen LogP contribution is 2.29. The number of carbonyl (C=O) groups is 1. The second-order valence-corrected chi connectivity index (χ2v) is 8.89. The van der Waals surface area contributed by atoms with Crippen molar-refractivity contribution in [3.63, 3.8) is 0 Å². The smallest absolute Gasteiger partial charge is 0.234 e. The van der Waals surface area contributed by atoms with E-state index in [1.165, 1.54) is 17.3 Å². The Balaban J connectivity index is 1.63. The zero-order valence-corrected chi connectivity index (χ0v) is 20.1. The van der Waals surface area contributed by atoms with Gasteiger partial charge in [-0.25, -0.2) is 0 Å². The first-order valence-electron chi connectivity index (χ1n) is 10.9. The van der Waals surface area contributed by atoms with Gasteiger partial charge in [-0.05, 0) is 62.1 Å². The summed E-state index contributed by atoms with van der Waals surface area (Å²) < 4.78 is 1.99. The molecule has 1 amide bonds. The van der Waals surface area contributed by atoms with Crippen molar-refractivity contribution in [2.24, 2.45) is 0 Å². The minimum Gasteiger partial charge on any atom is -0.325 e. The highest BCUT2D eigenvalue weighted by Gasteiger charge is 2.19. The molecule has 0 radical (unpaired) electrons. The van der Waals surface area contributed by atoms with Crippen LogP contribution in [0.25, 0.3) is 17.2 Å². The molecular weight excluding hydrogens is 430 g/mol. The number of carbonyl (C=O) groups excluding carboxylic acids is 1. The summed E-state index contributed by atoms with van der Waals surface area (Å²) in [4.78, 5) is 17.3. The van der Waals surface area contributed by atoms with Crippen molar-refractivity contribution in [2.45, 2.75) is 39.3 Å². The van der Waals surface area contributed by atoms with Gasteiger partial charge >= 0.3 is 0 Å². The standard InChI is InChI=1S/C26H27N5OS/c1-5-20-10-8-9-18(3)24(20)28-23(32)16-33-26-30-29-25(21-11-6-7-14-27-21)31(26)22-13-12-17(2)15-19(22)4/h6-15H,5,16H2,1-4H3,(H,28,32). The van der Waals surface area contributed by atoms with E-state index in [9.17, 15) is 4.79 Å². The second kappa shape index (κ2) is 10.0. The number of para-hydroxylation sites is 1. The van der Waals surface area contributed by atoms with E-state index in [0.717, 1.165) is 40.2 Å². The van der Waals surface area contributed by atoms with Crippen LogP contribution in [-0.4, -0.2) is 31.4 Å². The normalized spacial score (nSPS) is 10.9. The fourth-order valence-electron chi connectivity index (χ4n) is 3.81. The zero-order chi connectivity index (χ0) is 23.4. The van der Waals surface area contributed by atoms with E-state index in [1.54, 1.807) is 6.20 Å². The van der Waals surface area contributed by atoms with E-state index < -0.39 is 0 Å². The van der Waals surface area contributed by atoms with Gasteiger partial charge in [-0.2, -0.15) is 0 Å². The molecule has 0 spiro atoms. The summed E-state index contributed by atoms with van der Waals surface area (Å²) >= 11 is 1.37. The topological polar surface area (TPSA) is 72.7 Å². The average Bonchev–Trinajstić information content (AvgIpc) is 3.23. The molecule has 0 aliphatic carbocycles. The van der Waals surface area contributed by atoms with Crippen LogP contribution in [0.4, 0.5) is 5.69 Å². The van der Waals surface area contributed by atoms with Crippen LogP contribution in [0.5, 0.6) is 0 Å². The van der Waals surface area contributed by atoms with Crippen LogP contribution in [0.1, 0.15) is 29.2 Å². The lowest BCUT2D eigenvalue weighted by molar-refractivity contribution is -0.113. The van der Waals surface area contributed by atoms with Crippen LogP contribution in [0.3, 0.4) is 0 Å². The molecule has 6 nitrogen and oxygen atoms in total. The number of aromatic nitrogens is 4. The number of aryl methyl sites for hydroxylation is 4. The third-order valence-electron chi connectivity index (χ3n) is 5.46. The van der Waals surface area contributed by atoms with E-state index in [1.807, 2.05) is 47.9 Å². The first-order valence-corrected chi connectivity index (χ1v) is 11.9. The van der Waals surface area contributed by atoms with E-state index >= 15 is 0 Å². The fraction of sp³-hybridized carbons (Fsp3) is 0.231. The predicted octanol–water partition coefficient (Wildman–Crippen LogP) is 5.55. The molecule has 4 aromatic rings. The highest BCUT2D eigenvalue weighted by molar-refractivity contribution is 7.99. The van der Waals surface area contributed by atoms with Crippen molar-refractivity contribution < 1.29 is 4.79 Å². The maximum Gasteiger partial charge on any atom is 0.234 e. The maximum atomic E-state index is 12.8. The Morgan fingerprint density at radius 1 is 1.00 bits per heavy atom. The zero-order valence-electron chi connectivity index (χ0n) is 19.3. The van der Waals surface area contributed by atoms with Crippen LogP contribution in [0.15, 0.2) is 66.0 Å². The van der Waals surface area contributed by atoms with Gasteiger partial charge in [-0.1, -0.05) is 60.6 Å². The number of anilines is 1. The molecule has 0 aliphatic rings. The van der Waals surface area contributed by atoms with Gasteiger partial charge in [-0.3, -0.25) is 14.3 Å². The summed E-state index contributed by atoms with van der Waals surface area (Å²) in [5.74, 6) is 0.805. The number of nitrogens with zero attached hydrogens (tertiary/aromatic N) is 4. The monoisotopic (exact) mass is 457 g/mol. The molecule has 0 fully saturated rings. The average molecular weight is 458 g/mol. The van der Waals surface area contributed by atoms with Crippen molar-refractivity contribution in [3.8, 4) is 17.2 Å². The Morgan fingerprint density at radius 2 is 1.85 bits per heavy atom. The third kappa shape index (κ3) is 4.98. The van der Waals surface area contributed by atoms with E-state index in [-0.39, 0.29) is 11.7 Å². The number of hydrogen-bond acceptors (Lipinski definition) is 5. The van der Waals surface area contributed by atoms with Gasteiger partial charge in [-0.15, -0.1) is 10.2 Å². The lowest BCUT2D eigenvalue weighted by Crippen LogP contribution is -2.16. The summed E-state index contributed by atoms with van der Waals surface area (Å²) in [6.45, 7) is 8.23. The van der Waals surface area contributed by atoms with Gasteiger partial charge in [0.25, 0.3) is 0 Å². The van der Waals surface area contributed by atoms with Gasteiger partial charge < -0.3 is 5.32 Å². The molecule has 2 aromatic carbocycles. The first-order chi connectivity index (χ1) is 16.0.